The predicted octanol–water partition coefficient (Wildman–Crippen LogP) is 1.84. The van der Waals surface area contributed by atoms with Gasteiger partial charge >= 0.3 is 0 Å². The number of methoxy groups -OCH3 is 1. The van der Waals surface area contributed by atoms with Gasteiger partial charge in [0.1, 0.15) is 5.75 Å². The van der Waals surface area contributed by atoms with Crippen LogP contribution in [0.2, 0.25) is 0 Å². The molecule has 6 heteroatoms. The number of likely N-dealkylation sites (N-methyl/N-ethyl adjacent to an activating group) is 1. The zero-order chi connectivity index (χ0) is 19.6. The minimum Gasteiger partial charge on any atom is -0.497 e. The summed E-state index contributed by atoms with van der Waals surface area (Å²) >= 11 is 0. The Morgan fingerprint density at radius 1 is 1.19 bits per heavy atom. The highest BCUT2D eigenvalue weighted by molar-refractivity contribution is 5.91. The quantitative estimate of drug-likeness (QED) is 0.657. The van der Waals surface area contributed by atoms with Crippen LogP contribution in [0, 0.1) is 0 Å². The largest absolute Gasteiger partial charge is 0.497 e. The van der Waals surface area contributed by atoms with E-state index in [1.165, 1.54) is 0 Å². The smallest absolute Gasteiger partial charge is 0.281 e. The molecule has 1 aliphatic rings. The van der Waals surface area contributed by atoms with E-state index in [1.807, 2.05) is 36.1 Å². The van der Waals surface area contributed by atoms with E-state index in [0.717, 1.165) is 60.8 Å². The second-order valence-corrected chi connectivity index (χ2v) is 6.87. The van der Waals surface area contributed by atoms with E-state index < -0.39 is 0 Å². The van der Waals surface area contributed by atoms with Crippen molar-refractivity contribution in [1.82, 2.24) is 4.90 Å². The predicted molar refractivity (Wildman–Crippen MR) is 107 cm³/mol. The van der Waals surface area contributed by atoms with Crippen LogP contribution in [-0.4, -0.2) is 50.0 Å². The van der Waals surface area contributed by atoms with Crippen LogP contribution in [-0.2, 0) is 9.59 Å². The number of anilines is 1. The molecule has 27 heavy (non-hydrogen) atoms. The summed E-state index contributed by atoms with van der Waals surface area (Å²) < 4.78 is 5.12. The molecule has 6 nitrogen and oxygen atoms in total. The van der Waals surface area contributed by atoms with Crippen molar-refractivity contribution in [3.63, 3.8) is 0 Å². The number of benzene rings is 1. The van der Waals surface area contributed by atoms with E-state index in [1.54, 1.807) is 7.11 Å². The average molecular weight is 375 g/mol. The summed E-state index contributed by atoms with van der Waals surface area (Å²) in [6, 6.07) is 7.23. The molecule has 1 aromatic carbocycles. The SMILES string of the molecule is CCCN(C(=O)C[NH+](CC)CC(=O)Nc1ccc(OC)cc1)C1=CCCC1. The third-order valence-corrected chi connectivity index (χ3v) is 4.80. The summed E-state index contributed by atoms with van der Waals surface area (Å²) in [6.07, 6.45) is 6.26. The number of quaternary nitrogens is 1. The second-order valence-electron chi connectivity index (χ2n) is 6.87. The van der Waals surface area contributed by atoms with Crippen LogP contribution in [0.5, 0.6) is 5.75 Å². The van der Waals surface area contributed by atoms with Crippen molar-refractivity contribution < 1.29 is 19.2 Å². The zero-order valence-corrected chi connectivity index (χ0v) is 16.7. The summed E-state index contributed by atoms with van der Waals surface area (Å²) in [5, 5.41) is 2.89. The van der Waals surface area contributed by atoms with Crippen molar-refractivity contribution in [2.24, 2.45) is 0 Å². The Morgan fingerprint density at radius 3 is 2.48 bits per heavy atom. The van der Waals surface area contributed by atoms with Gasteiger partial charge in [0, 0.05) is 17.9 Å². The van der Waals surface area contributed by atoms with Gasteiger partial charge in [0.25, 0.3) is 11.8 Å². The number of nitrogens with zero attached hydrogens (tertiary/aromatic N) is 1. The Morgan fingerprint density at radius 2 is 1.93 bits per heavy atom. The van der Waals surface area contributed by atoms with E-state index in [9.17, 15) is 9.59 Å². The first kappa shape index (κ1) is 21.0. The second kappa shape index (κ2) is 10.7. The van der Waals surface area contributed by atoms with Crippen molar-refractivity contribution in [3.8, 4) is 5.75 Å². The lowest BCUT2D eigenvalue weighted by Gasteiger charge is -2.25. The number of ether oxygens (including phenoxy) is 1. The van der Waals surface area contributed by atoms with Gasteiger partial charge in [0.05, 0.1) is 13.7 Å². The van der Waals surface area contributed by atoms with Crippen LogP contribution in [0.15, 0.2) is 36.0 Å². The van der Waals surface area contributed by atoms with Crippen LogP contribution >= 0.6 is 0 Å². The highest BCUT2D eigenvalue weighted by Crippen LogP contribution is 2.21. The molecule has 1 atom stereocenters. The van der Waals surface area contributed by atoms with Gasteiger partial charge < -0.3 is 19.9 Å². The Balaban J connectivity index is 1.90. The molecule has 0 saturated heterocycles. The maximum atomic E-state index is 12.8. The molecule has 2 rings (SSSR count). The third kappa shape index (κ3) is 6.40. The summed E-state index contributed by atoms with van der Waals surface area (Å²) in [7, 11) is 1.61. The van der Waals surface area contributed by atoms with Gasteiger partial charge in [-0.2, -0.15) is 0 Å². The van der Waals surface area contributed by atoms with Crippen molar-refractivity contribution in [3.05, 3.63) is 36.0 Å². The van der Waals surface area contributed by atoms with Crippen molar-refractivity contribution >= 4 is 17.5 Å². The van der Waals surface area contributed by atoms with E-state index in [4.69, 9.17) is 4.74 Å². The minimum atomic E-state index is -0.0908. The number of amides is 2. The molecule has 148 valence electrons. The minimum absolute atomic E-state index is 0.0908. The molecule has 0 spiro atoms. The number of carbonyl (C=O) groups is 2. The van der Waals surface area contributed by atoms with Gasteiger partial charge in [-0.15, -0.1) is 0 Å². The van der Waals surface area contributed by atoms with E-state index >= 15 is 0 Å². The Bertz CT molecular complexity index is 655. The summed E-state index contributed by atoms with van der Waals surface area (Å²) in [6.45, 7) is 6.17. The van der Waals surface area contributed by atoms with Gasteiger partial charge in [-0.3, -0.25) is 9.59 Å². The van der Waals surface area contributed by atoms with E-state index in [0.29, 0.717) is 6.54 Å². The van der Waals surface area contributed by atoms with Crippen LogP contribution in [0.4, 0.5) is 5.69 Å². The fourth-order valence-corrected chi connectivity index (χ4v) is 3.28. The molecule has 1 unspecified atom stereocenters. The summed E-state index contributed by atoms with van der Waals surface area (Å²) in [5.74, 6) is 0.766. The number of hydrogen-bond donors (Lipinski definition) is 2. The first-order chi connectivity index (χ1) is 13.1. The summed E-state index contributed by atoms with van der Waals surface area (Å²) in [5.41, 5.74) is 1.88. The lowest BCUT2D eigenvalue weighted by Crippen LogP contribution is -3.13. The molecule has 0 heterocycles. The number of hydrogen-bond acceptors (Lipinski definition) is 3. The van der Waals surface area contributed by atoms with Gasteiger partial charge in [-0.25, -0.2) is 0 Å². The zero-order valence-electron chi connectivity index (χ0n) is 16.7. The van der Waals surface area contributed by atoms with Crippen LogP contribution in [0.25, 0.3) is 0 Å². The molecule has 0 aromatic heterocycles. The molecule has 0 aliphatic heterocycles. The van der Waals surface area contributed by atoms with Crippen molar-refractivity contribution in [2.45, 2.75) is 39.5 Å². The summed E-state index contributed by atoms with van der Waals surface area (Å²) in [4.78, 5) is 28.1. The topological polar surface area (TPSA) is 63.1 Å². The molecule has 1 aliphatic carbocycles. The molecule has 0 radical (unpaired) electrons. The fourth-order valence-electron chi connectivity index (χ4n) is 3.28. The highest BCUT2D eigenvalue weighted by atomic mass is 16.5. The highest BCUT2D eigenvalue weighted by Gasteiger charge is 2.24. The molecule has 2 amide bonds. The van der Waals surface area contributed by atoms with Crippen molar-refractivity contribution in [1.29, 1.82) is 0 Å². The van der Waals surface area contributed by atoms with Gasteiger partial charge in [-0.05, 0) is 56.9 Å². The van der Waals surface area contributed by atoms with Crippen LogP contribution in [0.1, 0.15) is 39.5 Å². The lowest BCUT2D eigenvalue weighted by molar-refractivity contribution is -0.881. The average Bonchev–Trinajstić information content (AvgIpc) is 3.20. The van der Waals surface area contributed by atoms with Crippen LogP contribution in [0.3, 0.4) is 0 Å². The first-order valence-electron chi connectivity index (χ1n) is 9.84. The molecule has 1 aromatic rings. The maximum absolute atomic E-state index is 12.8. The third-order valence-electron chi connectivity index (χ3n) is 4.80. The molecular weight excluding hydrogens is 342 g/mol. The van der Waals surface area contributed by atoms with Gasteiger partial charge in [0.2, 0.25) is 0 Å². The molecule has 2 N–H and O–H groups in total. The van der Waals surface area contributed by atoms with Crippen molar-refractivity contribution in [2.75, 3.05) is 38.6 Å². The molecule has 0 fully saturated rings. The normalized spacial score (nSPS) is 14.4. The van der Waals surface area contributed by atoms with E-state index in [2.05, 4.69) is 18.3 Å². The number of carbonyl (C=O) groups excluding carboxylic acids is 2. The number of nitrogens with one attached hydrogen (secondary N) is 2. The molecule has 0 bridgehead atoms. The first-order valence-corrected chi connectivity index (χ1v) is 9.84. The standard InChI is InChI=1S/C21H31N3O3/c1-4-14-24(18-8-6-7-9-18)21(26)16-23(5-2)15-20(25)22-17-10-12-19(27-3)13-11-17/h8,10-13H,4-7,9,14-16H2,1-3H3,(H,22,25)/p+1. The molecular formula is C21H32N3O3+. The lowest BCUT2D eigenvalue weighted by atomic mass is 10.2. The molecule has 0 saturated carbocycles. The number of rotatable bonds is 10. The number of allylic oxidation sites excluding steroid dienone is 2. The fraction of sp³-hybridized carbons (Fsp3) is 0.524. The van der Waals surface area contributed by atoms with Gasteiger partial charge in [0.15, 0.2) is 13.1 Å². The Kier molecular flexibility index (Phi) is 8.33. The maximum Gasteiger partial charge on any atom is 0.281 e. The van der Waals surface area contributed by atoms with Gasteiger partial charge in [-0.1, -0.05) is 13.0 Å². The Labute approximate surface area is 162 Å². The van der Waals surface area contributed by atoms with E-state index in [-0.39, 0.29) is 18.4 Å². The van der Waals surface area contributed by atoms with Crippen LogP contribution < -0.4 is 15.0 Å². The monoisotopic (exact) mass is 374 g/mol. The Hall–Kier alpha value is -2.34.